The normalized spacial score (nSPS) is 11.3. The third-order valence-corrected chi connectivity index (χ3v) is 3.25. The third kappa shape index (κ3) is 3.55. The van der Waals surface area contributed by atoms with E-state index in [4.69, 9.17) is 0 Å². The van der Waals surface area contributed by atoms with Gasteiger partial charge in [-0.3, -0.25) is 10.1 Å². The Bertz CT molecular complexity index is 699. The summed E-state index contributed by atoms with van der Waals surface area (Å²) in [7, 11) is 0. The van der Waals surface area contributed by atoms with E-state index in [1.54, 1.807) is 0 Å². The number of hydrogen-bond donors (Lipinski definition) is 1. The van der Waals surface area contributed by atoms with Crippen molar-refractivity contribution in [2.45, 2.75) is 19.6 Å². The van der Waals surface area contributed by atoms with Gasteiger partial charge in [0.05, 0.1) is 10.5 Å². The van der Waals surface area contributed by atoms with E-state index < -0.39 is 22.4 Å². The Balaban J connectivity index is 2.27. The molecule has 2 aromatic carbocycles. The summed E-state index contributed by atoms with van der Waals surface area (Å²) in [5.74, 6) is 0. The van der Waals surface area contributed by atoms with Crippen molar-refractivity contribution >= 4 is 11.4 Å². The number of nitro benzene ring substituents is 1. The van der Waals surface area contributed by atoms with Crippen molar-refractivity contribution in [2.24, 2.45) is 0 Å². The van der Waals surface area contributed by atoms with Crippen LogP contribution in [0.4, 0.5) is 24.5 Å². The first-order valence-electron chi connectivity index (χ1n) is 6.43. The van der Waals surface area contributed by atoms with E-state index in [0.29, 0.717) is 12.6 Å². The Hall–Kier alpha value is -2.57. The highest BCUT2D eigenvalue weighted by Gasteiger charge is 2.32. The zero-order valence-electron chi connectivity index (χ0n) is 11.6. The Morgan fingerprint density at radius 1 is 1.18 bits per heavy atom. The van der Waals surface area contributed by atoms with Crippen LogP contribution in [0.2, 0.25) is 0 Å². The van der Waals surface area contributed by atoms with E-state index >= 15 is 0 Å². The van der Waals surface area contributed by atoms with E-state index in [9.17, 15) is 23.3 Å². The van der Waals surface area contributed by atoms with Crippen LogP contribution in [0.5, 0.6) is 0 Å². The predicted molar refractivity (Wildman–Crippen MR) is 76.6 cm³/mol. The lowest BCUT2D eigenvalue weighted by molar-refractivity contribution is -0.384. The second-order valence-electron chi connectivity index (χ2n) is 4.77. The van der Waals surface area contributed by atoms with E-state index in [0.717, 1.165) is 23.3 Å². The molecule has 0 aliphatic heterocycles. The van der Waals surface area contributed by atoms with Crippen LogP contribution in [0.3, 0.4) is 0 Å². The van der Waals surface area contributed by atoms with Crippen molar-refractivity contribution in [3.63, 3.8) is 0 Å². The lowest BCUT2D eigenvalue weighted by Crippen LogP contribution is -2.08. The minimum atomic E-state index is -4.61. The maximum absolute atomic E-state index is 12.6. The summed E-state index contributed by atoms with van der Waals surface area (Å²) in [5.41, 5.74) is 0.326. The molecule has 2 aromatic rings. The van der Waals surface area contributed by atoms with Crippen LogP contribution < -0.4 is 5.32 Å². The molecule has 0 atom stereocenters. The summed E-state index contributed by atoms with van der Waals surface area (Å²) in [4.78, 5) is 10.2. The molecule has 7 heteroatoms. The summed E-state index contributed by atoms with van der Waals surface area (Å²) in [6.07, 6.45) is -4.61. The molecule has 1 N–H and O–H groups in total. The Morgan fingerprint density at radius 2 is 1.86 bits per heavy atom. The number of halogens is 3. The van der Waals surface area contributed by atoms with E-state index in [1.807, 2.05) is 31.2 Å². The first-order chi connectivity index (χ1) is 10.3. The smallest absolute Gasteiger partial charge is 0.375 e. The molecule has 0 saturated carbocycles. The molecule has 0 aromatic heterocycles. The fourth-order valence-electron chi connectivity index (χ4n) is 2.01. The Labute approximate surface area is 124 Å². The van der Waals surface area contributed by atoms with Crippen molar-refractivity contribution in [3.05, 3.63) is 69.3 Å². The predicted octanol–water partition coefficient (Wildman–Crippen LogP) is 4.53. The van der Waals surface area contributed by atoms with Crippen LogP contribution in [-0.4, -0.2) is 4.92 Å². The van der Waals surface area contributed by atoms with Crippen LogP contribution in [0, 0.1) is 17.0 Å². The van der Waals surface area contributed by atoms with Gasteiger partial charge in [-0.25, -0.2) is 0 Å². The second kappa shape index (κ2) is 6.05. The number of nitrogens with one attached hydrogen (secondary N) is 1. The molecule has 0 amide bonds. The van der Waals surface area contributed by atoms with Crippen molar-refractivity contribution in [3.8, 4) is 0 Å². The number of nitrogens with zero attached hydrogens (tertiary/aromatic N) is 1. The molecule has 0 spiro atoms. The van der Waals surface area contributed by atoms with Gasteiger partial charge >= 0.3 is 6.18 Å². The topological polar surface area (TPSA) is 55.2 Å². The van der Waals surface area contributed by atoms with Gasteiger partial charge in [-0.1, -0.05) is 24.3 Å². The number of alkyl halides is 3. The average Bonchev–Trinajstić information content (AvgIpc) is 2.45. The fourth-order valence-corrected chi connectivity index (χ4v) is 2.01. The van der Waals surface area contributed by atoms with Gasteiger partial charge < -0.3 is 5.32 Å². The maximum Gasteiger partial charge on any atom is 0.416 e. The minimum absolute atomic E-state index is 0.0567. The first-order valence-corrected chi connectivity index (χ1v) is 6.43. The molecular weight excluding hydrogens is 297 g/mol. The molecule has 0 aliphatic carbocycles. The number of benzene rings is 2. The summed E-state index contributed by atoms with van der Waals surface area (Å²) in [5, 5.41) is 13.8. The third-order valence-electron chi connectivity index (χ3n) is 3.25. The first kappa shape index (κ1) is 15.8. The van der Waals surface area contributed by atoms with Crippen LogP contribution in [0.15, 0.2) is 42.5 Å². The van der Waals surface area contributed by atoms with E-state index in [1.165, 1.54) is 0 Å². The van der Waals surface area contributed by atoms with Gasteiger partial charge in [-0.05, 0) is 30.2 Å². The molecule has 0 unspecified atom stereocenters. The van der Waals surface area contributed by atoms with Crippen molar-refractivity contribution < 1.29 is 18.1 Å². The fraction of sp³-hybridized carbons (Fsp3) is 0.200. The molecule has 0 radical (unpaired) electrons. The van der Waals surface area contributed by atoms with E-state index in [-0.39, 0.29) is 5.69 Å². The van der Waals surface area contributed by atoms with Crippen LogP contribution in [0.1, 0.15) is 16.7 Å². The minimum Gasteiger partial charge on any atom is -0.375 e. The zero-order valence-corrected chi connectivity index (χ0v) is 11.6. The highest BCUT2D eigenvalue weighted by Crippen LogP contribution is 2.35. The number of nitro groups is 1. The molecule has 22 heavy (non-hydrogen) atoms. The SMILES string of the molecule is Cc1ccccc1CNc1ccc(C(F)(F)F)cc1[N+](=O)[O-]. The van der Waals surface area contributed by atoms with Crippen molar-refractivity contribution in [1.29, 1.82) is 0 Å². The van der Waals surface area contributed by atoms with E-state index in [2.05, 4.69) is 5.32 Å². The number of rotatable bonds is 4. The quantitative estimate of drug-likeness (QED) is 0.666. The highest BCUT2D eigenvalue weighted by molar-refractivity contribution is 5.63. The van der Waals surface area contributed by atoms with Crippen LogP contribution in [0.25, 0.3) is 0 Å². The van der Waals surface area contributed by atoms with Gasteiger partial charge in [-0.2, -0.15) is 13.2 Å². The molecule has 0 heterocycles. The largest absolute Gasteiger partial charge is 0.416 e. The highest BCUT2D eigenvalue weighted by atomic mass is 19.4. The molecule has 0 bridgehead atoms. The van der Waals surface area contributed by atoms with Crippen molar-refractivity contribution in [1.82, 2.24) is 0 Å². The lowest BCUT2D eigenvalue weighted by atomic mass is 10.1. The lowest BCUT2D eigenvalue weighted by Gasteiger charge is -2.11. The van der Waals surface area contributed by atoms with Gasteiger partial charge in [0.25, 0.3) is 5.69 Å². The number of hydrogen-bond acceptors (Lipinski definition) is 3. The summed E-state index contributed by atoms with van der Waals surface area (Å²) < 4.78 is 37.9. The summed E-state index contributed by atoms with van der Waals surface area (Å²) >= 11 is 0. The second-order valence-corrected chi connectivity index (χ2v) is 4.77. The molecule has 116 valence electrons. The Morgan fingerprint density at radius 3 is 2.45 bits per heavy atom. The number of aryl methyl sites for hydroxylation is 1. The monoisotopic (exact) mass is 310 g/mol. The van der Waals surface area contributed by atoms with Crippen LogP contribution in [-0.2, 0) is 12.7 Å². The molecule has 4 nitrogen and oxygen atoms in total. The van der Waals surface area contributed by atoms with Gasteiger partial charge in [0.15, 0.2) is 0 Å². The molecule has 2 rings (SSSR count). The van der Waals surface area contributed by atoms with Gasteiger partial charge in [0.1, 0.15) is 5.69 Å². The summed E-state index contributed by atoms with van der Waals surface area (Å²) in [6.45, 7) is 2.18. The van der Waals surface area contributed by atoms with Gasteiger partial charge in [0.2, 0.25) is 0 Å². The standard InChI is InChI=1S/C15H13F3N2O2/c1-10-4-2-3-5-11(10)9-19-13-7-6-12(15(16,17)18)8-14(13)20(21)22/h2-8,19H,9H2,1H3. The van der Waals surface area contributed by atoms with Gasteiger partial charge in [0, 0.05) is 12.6 Å². The van der Waals surface area contributed by atoms with Gasteiger partial charge in [-0.15, -0.1) is 0 Å². The summed E-state index contributed by atoms with van der Waals surface area (Å²) in [6, 6.07) is 9.87. The number of anilines is 1. The zero-order chi connectivity index (χ0) is 16.3. The molecule has 0 aliphatic rings. The molecular formula is C15H13F3N2O2. The van der Waals surface area contributed by atoms with Crippen LogP contribution >= 0.6 is 0 Å². The molecule has 0 saturated heterocycles. The average molecular weight is 310 g/mol. The molecule has 0 fully saturated rings. The Kier molecular flexibility index (Phi) is 4.35. The van der Waals surface area contributed by atoms with Crippen molar-refractivity contribution in [2.75, 3.05) is 5.32 Å². The maximum atomic E-state index is 12.6.